The van der Waals surface area contributed by atoms with Crippen LogP contribution in [-0.4, -0.2) is 60.9 Å². The molecule has 1 aliphatic carbocycles. The zero-order valence-electron chi connectivity index (χ0n) is 10.7. The molecule has 3 fully saturated rings. The molecule has 2 atom stereocenters. The van der Waals surface area contributed by atoms with Gasteiger partial charge in [0.05, 0.1) is 0 Å². The summed E-state index contributed by atoms with van der Waals surface area (Å²) in [6, 6.07) is 0. The van der Waals surface area contributed by atoms with E-state index in [1.54, 1.807) is 0 Å². The predicted octanol–water partition coefficient (Wildman–Crippen LogP) is -0.323. The van der Waals surface area contributed by atoms with Crippen LogP contribution >= 0.6 is 0 Å². The lowest BCUT2D eigenvalue weighted by atomic mass is 9.97. The summed E-state index contributed by atoms with van der Waals surface area (Å²) in [6.45, 7) is 5.47. The minimum atomic E-state index is 0.0869. The van der Waals surface area contributed by atoms with Crippen LogP contribution in [0.25, 0.3) is 0 Å². The molecule has 1 N–H and O–H groups in total. The van der Waals surface area contributed by atoms with E-state index in [2.05, 4.69) is 10.2 Å². The fraction of sp³-hybridized carbons (Fsp3) is 0.846. The average molecular weight is 251 g/mol. The quantitative estimate of drug-likeness (QED) is 0.698. The van der Waals surface area contributed by atoms with Gasteiger partial charge in [0.15, 0.2) is 0 Å². The number of nitrogens with zero attached hydrogens (tertiary/aromatic N) is 2. The smallest absolute Gasteiger partial charge is 0.232 e. The largest absolute Gasteiger partial charge is 0.314 e. The van der Waals surface area contributed by atoms with Crippen LogP contribution in [0.15, 0.2) is 0 Å². The number of likely N-dealkylation sites (tertiary alicyclic amines) is 1. The molecule has 3 rings (SSSR count). The molecule has 3 aliphatic rings. The second-order valence-corrected chi connectivity index (χ2v) is 5.63. The van der Waals surface area contributed by atoms with Crippen molar-refractivity contribution in [3.05, 3.63) is 0 Å². The summed E-state index contributed by atoms with van der Waals surface area (Å²) in [5.74, 6) is 0.444. The number of carbonyl (C=O) groups is 2. The second-order valence-electron chi connectivity index (χ2n) is 5.63. The van der Waals surface area contributed by atoms with Crippen molar-refractivity contribution in [2.75, 3.05) is 39.3 Å². The molecule has 5 heteroatoms. The maximum absolute atomic E-state index is 12.1. The summed E-state index contributed by atoms with van der Waals surface area (Å²) in [5, 5.41) is 3.31. The van der Waals surface area contributed by atoms with Gasteiger partial charge in [-0.25, -0.2) is 0 Å². The third-order valence-corrected chi connectivity index (χ3v) is 4.51. The Morgan fingerprint density at radius 3 is 2.22 bits per heavy atom. The van der Waals surface area contributed by atoms with Crippen molar-refractivity contribution in [2.45, 2.75) is 19.3 Å². The number of fused-ring (bicyclic) bond motifs is 2. The van der Waals surface area contributed by atoms with Crippen LogP contribution in [-0.2, 0) is 9.59 Å². The summed E-state index contributed by atoms with van der Waals surface area (Å²) in [5.41, 5.74) is 0. The third kappa shape index (κ3) is 2.17. The Bertz CT molecular complexity index is 330. The first-order valence-corrected chi connectivity index (χ1v) is 7.04. The Labute approximate surface area is 107 Å². The molecule has 2 heterocycles. The van der Waals surface area contributed by atoms with Gasteiger partial charge in [-0.2, -0.15) is 0 Å². The van der Waals surface area contributed by atoms with Gasteiger partial charge in [-0.05, 0) is 19.3 Å². The standard InChI is InChI=1S/C13H21N3O2/c17-12-10-1-2-11(9-10)13(18)16(12)8-7-15-5-3-14-4-6-15/h10-11,14H,1-9H2. The lowest BCUT2D eigenvalue weighted by molar-refractivity contribution is -0.153. The highest BCUT2D eigenvalue weighted by molar-refractivity contribution is 6.00. The number of imide groups is 1. The fourth-order valence-electron chi connectivity index (χ4n) is 3.38. The monoisotopic (exact) mass is 251 g/mol. The number of piperidine rings is 1. The van der Waals surface area contributed by atoms with Gasteiger partial charge in [0.25, 0.3) is 0 Å². The summed E-state index contributed by atoms with van der Waals surface area (Å²) < 4.78 is 0. The van der Waals surface area contributed by atoms with Crippen molar-refractivity contribution >= 4 is 11.8 Å². The van der Waals surface area contributed by atoms with E-state index >= 15 is 0 Å². The van der Waals surface area contributed by atoms with E-state index in [1.165, 1.54) is 4.90 Å². The molecule has 2 amide bonds. The van der Waals surface area contributed by atoms with Gasteiger partial charge in [-0.1, -0.05) is 0 Å². The number of hydrogen-bond acceptors (Lipinski definition) is 4. The van der Waals surface area contributed by atoms with Crippen LogP contribution in [0.1, 0.15) is 19.3 Å². The lowest BCUT2D eigenvalue weighted by Gasteiger charge is -2.33. The van der Waals surface area contributed by atoms with E-state index in [1.807, 2.05) is 0 Å². The van der Waals surface area contributed by atoms with E-state index in [4.69, 9.17) is 0 Å². The lowest BCUT2D eigenvalue weighted by Crippen LogP contribution is -2.51. The molecule has 0 aromatic heterocycles. The maximum atomic E-state index is 12.1. The first-order chi connectivity index (χ1) is 8.75. The normalized spacial score (nSPS) is 33.2. The molecule has 2 bridgehead atoms. The highest BCUT2D eigenvalue weighted by Crippen LogP contribution is 2.37. The third-order valence-electron chi connectivity index (χ3n) is 4.51. The van der Waals surface area contributed by atoms with E-state index in [9.17, 15) is 9.59 Å². The van der Waals surface area contributed by atoms with Crippen molar-refractivity contribution in [2.24, 2.45) is 11.8 Å². The van der Waals surface area contributed by atoms with E-state index in [0.717, 1.165) is 52.0 Å². The average Bonchev–Trinajstić information content (AvgIpc) is 2.85. The van der Waals surface area contributed by atoms with Crippen LogP contribution in [0, 0.1) is 11.8 Å². The van der Waals surface area contributed by atoms with Crippen molar-refractivity contribution in [1.29, 1.82) is 0 Å². The Hall–Kier alpha value is -0.940. The molecule has 0 radical (unpaired) electrons. The highest BCUT2D eigenvalue weighted by atomic mass is 16.2. The Morgan fingerprint density at radius 2 is 1.61 bits per heavy atom. The van der Waals surface area contributed by atoms with Crippen molar-refractivity contribution in [1.82, 2.24) is 15.1 Å². The molecule has 18 heavy (non-hydrogen) atoms. The van der Waals surface area contributed by atoms with Crippen LogP contribution < -0.4 is 5.32 Å². The molecule has 2 saturated heterocycles. The van der Waals surface area contributed by atoms with Crippen molar-refractivity contribution < 1.29 is 9.59 Å². The number of carbonyl (C=O) groups excluding carboxylic acids is 2. The maximum Gasteiger partial charge on any atom is 0.232 e. The van der Waals surface area contributed by atoms with Crippen LogP contribution in [0.3, 0.4) is 0 Å². The number of nitrogens with one attached hydrogen (secondary N) is 1. The summed E-state index contributed by atoms with van der Waals surface area (Å²) in [4.78, 5) is 28.1. The van der Waals surface area contributed by atoms with Gasteiger partial charge in [-0.3, -0.25) is 19.4 Å². The minimum Gasteiger partial charge on any atom is -0.314 e. The molecular weight excluding hydrogens is 230 g/mol. The van der Waals surface area contributed by atoms with E-state index in [0.29, 0.717) is 6.54 Å². The first-order valence-electron chi connectivity index (χ1n) is 7.04. The Morgan fingerprint density at radius 1 is 1.00 bits per heavy atom. The van der Waals surface area contributed by atoms with Crippen LogP contribution in [0.2, 0.25) is 0 Å². The molecule has 0 aromatic rings. The Balaban J connectivity index is 1.58. The Kier molecular flexibility index (Phi) is 3.35. The molecular formula is C13H21N3O2. The number of amides is 2. The summed E-state index contributed by atoms with van der Waals surface area (Å²) in [6.07, 6.45) is 2.64. The number of hydrogen-bond donors (Lipinski definition) is 1. The number of rotatable bonds is 3. The van der Waals surface area contributed by atoms with Crippen LogP contribution in [0.5, 0.6) is 0 Å². The van der Waals surface area contributed by atoms with E-state index in [-0.39, 0.29) is 23.7 Å². The van der Waals surface area contributed by atoms with Crippen LogP contribution in [0.4, 0.5) is 0 Å². The minimum absolute atomic E-state index is 0.0869. The van der Waals surface area contributed by atoms with Gasteiger partial charge in [0, 0.05) is 51.1 Å². The molecule has 0 spiro atoms. The first kappa shape index (κ1) is 12.1. The highest BCUT2D eigenvalue weighted by Gasteiger charge is 2.44. The van der Waals surface area contributed by atoms with Crippen molar-refractivity contribution in [3.63, 3.8) is 0 Å². The van der Waals surface area contributed by atoms with Gasteiger partial charge in [-0.15, -0.1) is 0 Å². The number of piperazine rings is 1. The predicted molar refractivity (Wildman–Crippen MR) is 66.9 cm³/mol. The van der Waals surface area contributed by atoms with Gasteiger partial charge < -0.3 is 5.32 Å². The molecule has 2 aliphatic heterocycles. The topological polar surface area (TPSA) is 52.7 Å². The van der Waals surface area contributed by atoms with Gasteiger partial charge >= 0.3 is 0 Å². The summed E-state index contributed by atoms with van der Waals surface area (Å²) in [7, 11) is 0. The second kappa shape index (κ2) is 4.97. The molecule has 5 nitrogen and oxygen atoms in total. The SMILES string of the molecule is O=C1C2CCC(C2)C(=O)N1CCN1CCNCC1. The molecule has 2 unspecified atom stereocenters. The molecule has 100 valence electrons. The zero-order valence-corrected chi connectivity index (χ0v) is 10.7. The zero-order chi connectivity index (χ0) is 12.5. The van der Waals surface area contributed by atoms with E-state index < -0.39 is 0 Å². The van der Waals surface area contributed by atoms with Gasteiger partial charge in [0.2, 0.25) is 11.8 Å². The van der Waals surface area contributed by atoms with Gasteiger partial charge in [0.1, 0.15) is 0 Å². The molecule has 0 aromatic carbocycles. The fourth-order valence-corrected chi connectivity index (χ4v) is 3.38. The molecule has 1 saturated carbocycles. The van der Waals surface area contributed by atoms with Crippen molar-refractivity contribution in [3.8, 4) is 0 Å². The summed E-state index contributed by atoms with van der Waals surface area (Å²) >= 11 is 0.